The van der Waals surface area contributed by atoms with Crippen molar-refractivity contribution >= 4 is 11.6 Å². The van der Waals surface area contributed by atoms with E-state index >= 15 is 0 Å². The lowest BCUT2D eigenvalue weighted by atomic mass is 10.0. The van der Waals surface area contributed by atoms with Gasteiger partial charge in [0.2, 0.25) is 5.91 Å². The number of rotatable bonds is 6. The summed E-state index contributed by atoms with van der Waals surface area (Å²) in [5.41, 5.74) is 6.93. The molecule has 128 valence electrons. The van der Waals surface area contributed by atoms with Gasteiger partial charge in [-0.05, 0) is 12.3 Å². The number of hydrogen-bond donors (Lipinski definition) is 2. The fraction of sp³-hybridized carbons (Fsp3) is 0.588. The van der Waals surface area contributed by atoms with Crippen LogP contribution in [0.1, 0.15) is 20.3 Å². The van der Waals surface area contributed by atoms with Crippen LogP contribution in [0.2, 0.25) is 0 Å². The molecule has 1 aliphatic rings. The lowest BCUT2D eigenvalue weighted by molar-refractivity contribution is -0.123. The number of amides is 1. The van der Waals surface area contributed by atoms with Crippen LogP contribution in [0.15, 0.2) is 18.2 Å². The summed E-state index contributed by atoms with van der Waals surface area (Å²) in [6, 6.07) is 5.46. The second kappa shape index (κ2) is 7.55. The molecule has 1 aliphatic heterocycles. The van der Waals surface area contributed by atoms with Gasteiger partial charge in [-0.25, -0.2) is 0 Å². The number of benzene rings is 1. The number of nitrogens with one attached hydrogen (secondary N) is 1. The Bertz CT molecular complexity index is 526. The number of carbonyl (C=O) groups is 1. The van der Waals surface area contributed by atoms with Crippen molar-refractivity contribution in [2.45, 2.75) is 32.4 Å². The maximum Gasteiger partial charge on any atom is 0.237 e. The average Bonchev–Trinajstić information content (AvgIpc) is 3.01. The first kappa shape index (κ1) is 17.4. The summed E-state index contributed by atoms with van der Waals surface area (Å²) in [7, 11) is 3.28. The van der Waals surface area contributed by atoms with Crippen LogP contribution >= 0.6 is 0 Å². The normalized spacial score (nSPS) is 18.9. The fourth-order valence-electron chi connectivity index (χ4n) is 2.69. The second-order valence-electron chi connectivity index (χ2n) is 6.28. The molecule has 1 heterocycles. The van der Waals surface area contributed by atoms with Crippen LogP contribution in [0, 0.1) is 5.92 Å². The molecule has 1 aromatic carbocycles. The van der Waals surface area contributed by atoms with E-state index in [0.29, 0.717) is 0 Å². The smallest absolute Gasteiger partial charge is 0.237 e. The average molecular weight is 321 g/mol. The zero-order valence-electron chi connectivity index (χ0n) is 14.3. The molecule has 1 saturated heterocycles. The van der Waals surface area contributed by atoms with E-state index in [1.807, 2.05) is 32.0 Å². The molecule has 2 rings (SSSR count). The van der Waals surface area contributed by atoms with Crippen LogP contribution in [0.25, 0.3) is 0 Å². The summed E-state index contributed by atoms with van der Waals surface area (Å²) in [6.07, 6.45) is 0.899. The summed E-state index contributed by atoms with van der Waals surface area (Å²) in [4.78, 5) is 14.3. The highest BCUT2D eigenvalue weighted by Crippen LogP contribution is 2.30. The number of nitrogens with two attached hydrogens (primary N) is 1. The van der Waals surface area contributed by atoms with Gasteiger partial charge in [-0.1, -0.05) is 13.8 Å². The third kappa shape index (κ3) is 4.28. The molecule has 0 spiro atoms. The van der Waals surface area contributed by atoms with Crippen molar-refractivity contribution < 1.29 is 14.3 Å². The first-order chi connectivity index (χ1) is 10.9. The van der Waals surface area contributed by atoms with Crippen LogP contribution in [-0.4, -0.2) is 45.3 Å². The Hall–Kier alpha value is -1.95. The highest BCUT2D eigenvalue weighted by molar-refractivity contribution is 5.82. The maximum atomic E-state index is 12.1. The molecule has 0 unspecified atom stereocenters. The van der Waals surface area contributed by atoms with E-state index in [2.05, 4.69) is 10.2 Å². The van der Waals surface area contributed by atoms with Crippen LogP contribution in [0.4, 0.5) is 5.69 Å². The first-order valence-corrected chi connectivity index (χ1v) is 7.98. The Balaban J connectivity index is 2.01. The SMILES string of the molecule is COc1cc(OC)cc(N2CC[C@H](NC(=O)[C@@H](N)C(C)C)C2)c1. The van der Waals surface area contributed by atoms with Gasteiger partial charge in [0.15, 0.2) is 0 Å². The van der Waals surface area contributed by atoms with Crippen molar-refractivity contribution in [3.63, 3.8) is 0 Å². The minimum atomic E-state index is -0.457. The van der Waals surface area contributed by atoms with Gasteiger partial charge in [-0.3, -0.25) is 4.79 Å². The van der Waals surface area contributed by atoms with Crippen molar-refractivity contribution in [3.05, 3.63) is 18.2 Å². The summed E-state index contributed by atoms with van der Waals surface area (Å²) >= 11 is 0. The van der Waals surface area contributed by atoms with Gasteiger partial charge in [0, 0.05) is 43.0 Å². The Morgan fingerprint density at radius 3 is 2.39 bits per heavy atom. The van der Waals surface area contributed by atoms with Crippen molar-refractivity contribution in [2.75, 3.05) is 32.2 Å². The molecule has 1 aromatic rings. The molecule has 3 N–H and O–H groups in total. The molecule has 0 bridgehead atoms. The van der Waals surface area contributed by atoms with Gasteiger partial charge in [0.05, 0.1) is 20.3 Å². The number of hydrogen-bond acceptors (Lipinski definition) is 5. The predicted octanol–water partition coefficient (Wildman–Crippen LogP) is 1.38. The molecule has 6 heteroatoms. The van der Waals surface area contributed by atoms with E-state index in [9.17, 15) is 4.79 Å². The van der Waals surface area contributed by atoms with E-state index in [4.69, 9.17) is 15.2 Å². The number of methoxy groups -OCH3 is 2. The molecule has 0 saturated carbocycles. The minimum Gasteiger partial charge on any atom is -0.497 e. The number of anilines is 1. The minimum absolute atomic E-state index is 0.0740. The molecule has 2 atom stereocenters. The van der Waals surface area contributed by atoms with E-state index < -0.39 is 6.04 Å². The number of nitrogens with zero attached hydrogens (tertiary/aromatic N) is 1. The molecule has 0 radical (unpaired) electrons. The van der Waals surface area contributed by atoms with Gasteiger partial charge in [0.1, 0.15) is 11.5 Å². The van der Waals surface area contributed by atoms with Crippen LogP contribution in [-0.2, 0) is 4.79 Å². The Labute approximate surface area is 137 Å². The van der Waals surface area contributed by atoms with E-state index in [1.165, 1.54) is 0 Å². The number of ether oxygens (including phenoxy) is 2. The Morgan fingerprint density at radius 2 is 1.87 bits per heavy atom. The van der Waals surface area contributed by atoms with Crippen molar-refractivity contribution in [1.82, 2.24) is 5.32 Å². The molecule has 1 amide bonds. The summed E-state index contributed by atoms with van der Waals surface area (Å²) in [5.74, 6) is 1.58. The third-order valence-electron chi connectivity index (χ3n) is 4.26. The lowest BCUT2D eigenvalue weighted by Gasteiger charge is -2.22. The molecular formula is C17H27N3O3. The monoisotopic (exact) mass is 321 g/mol. The van der Waals surface area contributed by atoms with Gasteiger partial charge in [0.25, 0.3) is 0 Å². The lowest BCUT2D eigenvalue weighted by Crippen LogP contribution is -2.48. The van der Waals surface area contributed by atoms with E-state index in [0.717, 1.165) is 36.7 Å². The Kier molecular flexibility index (Phi) is 5.71. The molecule has 0 aliphatic carbocycles. The van der Waals surface area contributed by atoms with Gasteiger partial charge >= 0.3 is 0 Å². The van der Waals surface area contributed by atoms with Gasteiger partial charge < -0.3 is 25.4 Å². The highest BCUT2D eigenvalue weighted by atomic mass is 16.5. The summed E-state index contributed by atoms with van der Waals surface area (Å²) < 4.78 is 10.6. The Morgan fingerprint density at radius 1 is 1.26 bits per heavy atom. The quantitative estimate of drug-likeness (QED) is 0.828. The zero-order chi connectivity index (χ0) is 17.0. The number of carbonyl (C=O) groups excluding carboxylic acids is 1. The topological polar surface area (TPSA) is 76.8 Å². The van der Waals surface area contributed by atoms with Crippen molar-refractivity contribution in [3.8, 4) is 11.5 Å². The van der Waals surface area contributed by atoms with Crippen LogP contribution < -0.4 is 25.4 Å². The highest BCUT2D eigenvalue weighted by Gasteiger charge is 2.27. The van der Waals surface area contributed by atoms with Crippen molar-refractivity contribution in [1.29, 1.82) is 0 Å². The third-order valence-corrected chi connectivity index (χ3v) is 4.26. The summed E-state index contributed by atoms with van der Waals surface area (Å²) in [6.45, 7) is 5.53. The largest absolute Gasteiger partial charge is 0.497 e. The maximum absolute atomic E-state index is 12.1. The molecule has 0 aromatic heterocycles. The molecule has 6 nitrogen and oxygen atoms in total. The van der Waals surface area contributed by atoms with Gasteiger partial charge in [-0.2, -0.15) is 0 Å². The van der Waals surface area contributed by atoms with Crippen LogP contribution in [0.3, 0.4) is 0 Å². The van der Waals surface area contributed by atoms with E-state index in [-0.39, 0.29) is 17.9 Å². The standard InChI is InChI=1S/C17H27N3O3/c1-11(2)16(18)17(21)19-12-5-6-20(10-12)13-7-14(22-3)9-15(8-13)23-4/h7-9,11-12,16H,5-6,10,18H2,1-4H3,(H,19,21)/t12-,16-/m0/s1. The fourth-order valence-corrected chi connectivity index (χ4v) is 2.69. The van der Waals surface area contributed by atoms with Crippen molar-refractivity contribution in [2.24, 2.45) is 11.7 Å². The molecular weight excluding hydrogens is 294 g/mol. The molecule has 23 heavy (non-hydrogen) atoms. The second-order valence-corrected chi connectivity index (χ2v) is 6.28. The predicted molar refractivity (Wildman–Crippen MR) is 91.1 cm³/mol. The van der Waals surface area contributed by atoms with E-state index in [1.54, 1.807) is 14.2 Å². The zero-order valence-corrected chi connectivity index (χ0v) is 14.3. The van der Waals surface area contributed by atoms with Crippen LogP contribution in [0.5, 0.6) is 11.5 Å². The summed E-state index contributed by atoms with van der Waals surface area (Å²) in [5, 5.41) is 3.05. The molecule has 1 fully saturated rings. The van der Waals surface area contributed by atoms with Gasteiger partial charge in [-0.15, -0.1) is 0 Å². The first-order valence-electron chi connectivity index (χ1n) is 7.98.